The Labute approximate surface area is 193 Å². The number of fused-ring (bicyclic) bond motifs is 1. The SMILES string of the molecule is O=C(CNS(=O)(=O)c1ccccc1)N1CCN(S(=O)(=O)c2ccc3c(c2)OCCCO3)CC1. The van der Waals surface area contributed by atoms with Crippen LogP contribution in [0.1, 0.15) is 6.42 Å². The van der Waals surface area contributed by atoms with Crippen LogP contribution >= 0.6 is 0 Å². The summed E-state index contributed by atoms with van der Waals surface area (Å²) in [5.74, 6) is 0.495. The van der Waals surface area contributed by atoms with Crippen molar-refractivity contribution in [3.05, 3.63) is 48.5 Å². The fraction of sp³-hybridized carbons (Fsp3) is 0.381. The molecule has 0 unspecified atom stereocenters. The predicted molar refractivity (Wildman–Crippen MR) is 119 cm³/mol. The first-order valence-electron chi connectivity index (χ1n) is 10.5. The van der Waals surface area contributed by atoms with E-state index in [1.807, 2.05) is 0 Å². The molecule has 2 aromatic carbocycles. The van der Waals surface area contributed by atoms with Crippen molar-refractivity contribution in [2.75, 3.05) is 45.9 Å². The van der Waals surface area contributed by atoms with Crippen molar-refractivity contribution in [3.8, 4) is 11.5 Å². The highest BCUT2D eigenvalue weighted by Gasteiger charge is 2.31. The molecular formula is C21H25N3O7S2. The Morgan fingerprint density at radius 3 is 2.21 bits per heavy atom. The summed E-state index contributed by atoms with van der Waals surface area (Å²) < 4.78 is 65.5. The lowest BCUT2D eigenvalue weighted by Gasteiger charge is -2.34. The van der Waals surface area contributed by atoms with Gasteiger partial charge < -0.3 is 14.4 Å². The summed E-state index contributed by atoms with van der Waals surface area (Å²) in [4.78, 5) is 14.1. The number of hydrogen-bond acceptors (Lipinski definition) is 7. The van der Waals surface area contributed by atoms with Gasteiger partial charge in [0, 0.05) is 38.7 Å². The summed E-state index contributed by atoms with van der Waals surface area (Å²) in [5.41, 5.74) is 0. The van der Waals surface area contributed by atoms with Crippen LogP contribution in [0.2, 0.25) is 0 Å². The number of carbonyl (C=O) groups is 1. The fourth-order valence-corrected chi connectivity index (χ4v) is 6.02. The van der Waals surface area contributed by atoms with E-state index in [2.05, 4.69) is 4.72 Å². The van der Waals surface area contributed by atoms with Crippen LogP contribution in [-0.2, 0) is 24.8 Å². The number of amides is 1. The van der Waals surface area contributed by atoms with Gasteiger partial charge in [-0.1, -0.05) is 18.2 Å². The van der Waals surface area contributed by atoms with Crippen LogP contribution in [0.4, 0.5) is 0 Å². The van der Waals surface area contributed by atoms with Crippen LogP contribution in [0.15, 0.2) is 58.3 Å². The Kier molecular flexibility index (Phi) is 6.88. The minimum absolute atomic E-state index is 0.0730. The lowest BCUT2D eigenvalue weighted by atomic mass is 10.3. The maximum absolute atomic E-state index is 13.1. The van der Waals surface area contributed by atoms with Gasteiger partial charge in [0.1, 0.15) is 0 Å². The average molecular weight is 496 g/mol. The molecular weight excluding hydrogens is 470 g/mol. The first kappa shape index (κ1) is 23.5. The molecule has 33 heavy (non-hydrogen) atoms. The van der Waals surface area contributed by atoms with Crippen LogP contribution < -0.4 is 14.2 Å². The Bertz CT molecular complexity index is 1210. The minimum Gasteiger partial charge on any atom is -0.490 e. The number of piperazine rings is 1. The number of carbonyl (C=O) groups excluding carboxylic acids is 1. The number of sulfonamides is 2. The van der Waals surface area contributed by atoms with Crippen molar-refractivity contribution < 1.29 is 31.1 Å². The number of nitrogens with one attached hydrogen (secondary N) is 1. The van der Waals surface area contributed by atoms with Crippen molar-refractivity contribution in [2.45, 2.75) is 16.2 Å². The molecule has 2 aliphatic rings. The van der Waals surface area contributed by atoms with Crippen molar-refractivity contribution in [3.63, 3.8) is 0 Å². The molecule has 1 amide bonds. The zero-order chi connectivity index (χ0) is 23.5. The number of nitrogens with zero attached hydrogens (tertiary/aromatic N) is 2. The third-order valence-corrected chi connectivity index (χ3v) is 8.73. The molecule has 1 saturated heterocycles. The maximum atomic E-state index is 13.1. The lowest BCUT2D eigenvalue weighted by molar-refractivity contribution is -0.131. The fourth-order valence-electron chi connectivity index (χ4n) is 3.58. The molecule has 10 nitrogen and oxygen atoms in total. The molecule has 12 heteroatoms. The zero-order valence-electron chi connectivity index (χ0n) is 17.8. The average Bonchev–Trinajstić information content (AvgIpc) is 3.08. The van der Waals surface area contributed by atoms with Gasteiger partial charge in [-0.3, -0.25) is 4.79 Å². The van der Waals surface area contributed by atoms with Gasteiger partial charge in [0.25, 0.3) is 0 Å². The third-order valence-electron chi connectivity index (χ3n) is 5.42. The molecule has 0 saturated carbocycles. The van der Waals surface area contributed by atoms with Crippen LogP contribution in [-0.4, -0.2) is 77.9 Å². The van der Waals surface area contributed by atoms with Crippen molar-refractivity contribution in [2.24, 2.45) is 0 Å². The minimum atomic E-state index is -3.80. The molecule has 0 aromatic heterocycles. The van der Waals surface area contributed by atoms with Crippen LogP contribution in [0.5, 0.6) is 11.5 Å². The molecule has 2 aliphatic heterocycles. The van der Waals surface area contributed by atoms with Gasteiger partial charge in [-0.2, -0.15) is 4.31 Å². The van der Waals surface area contributed by atoms with Crippen molar-refractivity contribution in [1.29, 1.82) is 0 Å². The number of hydrogen-bond donors (Lipinski definition) is 1. The van der Waals surface area contributed by atoms with Gasteiger partial charge in [0.05, 0.1) is 29.5 Å². The standard InChI is InChI=1S/C21H25N3O7S2/c25-21(16-22-32(26,27)17-5-2-1-3-6-17)23-9-11-24(12-10-23)33(28,29)18-7-8-19-20(15-18)31-14-4-13-30-19/h1-3,5-8,15,22H,4,9-14,16H2. The molecule has 0 atom stereocenters. The summed E-state index contributed by atoms with van der Waals surface area (Å²) in [7, 11) is -7.58. The Morgan fingerprint density at radius 1 is 0.848 bits per heavy atom. The predicted octanol–water partition coefficient (Wildman–Crippen LogP) is 0.659. The molecule has 0 bridgehead atoms. The highest BCUT2D eigenvalue weighted by Crippen LogP contribution is 2.33. The van der Waals surface area contributed by atoms with Crippen LogP contribution in [0, 0.1) is 0 Å². The zero-order valence-corrected chi connectivity index (χ0v) is 19.5. The van der Waals surface area contributed by atoms with Gasteiger partial charge in [0.15, 0.2) is 11.5 Å². The largest absolute Gasteiger partial charge is 0.490 e. The maximum Gasteiger partial charge on any atom is 0.243 e. The lowest BCUT2D eigenvalue weighted by Crippen LogP contribution is -2.52. The second-order valence-electron chi connectivity index (χ2n) is 7.58. The summed E-state index contributed by atoms with van der Waals surface area (Å²) in [6.07, 6.45) is 0.717. The second kappa shape index (κ2) is 9.67. The first-order chi connectivity index (χ1) is 15.8. The Balaban J connectivity index is 1.35. The molecule has 0 radical (unpaired) electrons. The highest BCUT2D eigenvalue weighted by atomic mass is 32.2. The molecule has 4 rings (SSSR count). The van der Waals surface area contributed by atoms with E-state index in [0.29, 0.717) is 31.1 Å². The Hall–Kier alpha value is -2.67. The van der Waals surface area contributed by atoms with E-state index in [1.54, 1.807) is 24.3 Å². The molecule has 0 aliphatic carbocycles. The van der Waals surface area contributed by atoms with E-state index in [0.717, 1.165) is 0 Å². The third kappa shape index (κ3) is 5.29. The van der Waals surface area contributed by atoms with E-state index in [9.17, 15) is 21.6 Å². The van der Waals surface area contributed by atoms with Gasteiger partial charge in [-0.05, 0) is 24.3 Å². The summed E-state index contributed by atoms with van der Waals surface area (Å²) >= 11 is 0. The van der Waals surface area contributed by atoms with Gasteiger partial charge >= 0.3 is 0 Å². The van der Waals surface area contributed by atoms with E-state index in [-0.39, 0.29) is 36.0 Å². The number of benzene rings is 2. The van der Waals surface area contributed by atoms with Crippen molar-refractivity contribution >= 4 is 26.0 Å². The monoisotopic (exact) mass is 495 g/mol. The van der Waals surface area contributed by atoms with Gasteiger partial charge in [-0.25, -0.2) is 21.6 Å². The highest BCUT2D eigenvalue weighted by molar-refractivity contribution is 7.89. The number of rotatable bonds is 6. The normalized spacial score (nSPS) is 17.4. The molecule has 2 aromatic rings. The van der Waals surface area contributed by atoms with E-state index >= 15 is 0 Å². The summed E-state index contributed by atoms with van der Waals surface area (Å²) in [6, 6.07) is 12.3. The molecule has 1 fully saturated rings. The molecule has 1 N–H and O–H groups in total. The molecule has 178 valence electrons. The van der Waals surface area contributed by atoms with Gasteiger partial charge in [0.2, 0.25) is 26.0 Å². The van der Waals surface area contributed by atoms with Crippen LogP contribution in [0.3, 0.4) is 0 Å². The topological polar surface area (TPSA) is 122 Å². The second-order valence-corrected chi connectivity index (χ2v) is 11.3. The van der Waals surface area contributed by atoms with Crippen molar-refractivity contribution in [1.82, 2.24) is 13.9 Å². The summed E-state index contributed by atoms with van der Waals surface area (Å²) in [6.45, 7) is 1.10. The summed E-state index contributed by atoms with van der Waals surface area (Å²) in [5, 5.41) is 0. The van der Waals surface area contributed by atoms with E-state index in [4.69, 9.17) is 9.47 Å². The van der Waals surface area contributed by atoms with E-state index in [1.165, 1.54) is 33.5 Å². The van der Waals surface area contributed by atoms with E-state index < -0.39 is 32.5 Å². The molecule has 2 heterocycles. The van der Waals surface area contributed by atoms with Crippen LogP contribution in [0.25, 0.3) is 0 Å². The quantitative estimate of drug-likeness (QED) is 0.625. The number of ether oxygens (including phenoxy) is 2. The molecule has 0 spiro atoms. The Morgan fingerprint density at radius 2 is 1.52 bits per heavy atom. The van der Waals surface area contributed by atoms with Gasteiger partial charge in [-0.15, -0.1) is 0 Å². The smallest absolute Gasteiger partial charge is 0.243 e. The first-order valence-corrected chi connectivity index (χ1v) is 13.4.